The van der Waals surface area contributed by atoms with Gasteiger partial charge in [0.25, 0.3) is 0 Å². The molecule has 0 amide bonds. The molecular weight excluding hydrogens is 255 g/mol. The van der Waals surface area contributed by atoms with Crippen molar-refractivity contribution in [2.45, 2.75) is 32.9 Å². The molecule has 0 aliphatic carbocycles. The van der Waals surface area contributed by atoms with E-state index in [0.29, 0.717) is 6.04 Å². The summed E-state index contributed by atoms with van der Waals surface area (Å²) in [6.07, 6.45) is 1.07. The van der Waals surface area contributed by atoms with Crippen LogP contribution in [0.5, 0.6) is 0 Å². The zero-order valence-electron chi connectivity index (χ0n) is 10.6. The van der Waals surface area contributed by atoms with Crippen LogP contribution < -0.4 is 5.73 Å². The number of benzene rings is 1. The van der Waals surface area contributed by atoms with Crippen LogP contribution in [-0.4, -0.2) is 24.0 Å². The van der Waals surface area contributed by atoms with Crippen LogP contribution in [0.4, 0.5) is 0 Å². The van der Waals surface area contributed by atoms with Crippen LogP contribution in [0.1, 0.15) is 25.8 Å². The third-order valence-corrected chi connectivity index (χ3v) is 2.61. The van der Waals surface area contributed by atoms with Crippen LogP contribution in [0.3, 0.4) is 0 Å². The van der Waals surface area contributed by atoms with Crippen LogP contribution in [0.25, 0.3) is 0 Å². The molecule has 100 valence electrons. The second kappa shape index (κ2) is 10.8. The topological polar surface area (TPSA) is 29.3 Å². The highest BCUT2D eigenvalue weighted by atomic mass is 35.5. The molecule has 0 aromatic heterocycles. The molecule has 2 nitrogen and oxygen atoms in total. The van der Waals surface area contributed by atoms with E-state index >= 15 is 0 Å². The van der Waals surface area contributed by atoms with E-state index in [1.807, 2.05) is 0 Å². The normalized spacial score (nSPS) is 9.94. The summed E-state index contributed by atoms with van der Waals surface area (Å²) in [6.45, 7) is 7.36. The fourth-order valence-corrected chi connectivity index (χ4v) is 1.63. The number of nitrogens with zero attached hydrogens (tertiary/aromatic N) is 1. The number of hydrogen-bond acceptors (Lipinski definition) is 2. The van der Waals surface area contributed by atoms with E-state index < -0.39 is 0 Å². The summed E-state index contributed by atoms with van der Waals surface area (Å²) in [5, 5.41) is 0. The second-order valence-corrected chi connectivity index (χ2v) is 4.19. The smallest absolute Gasteiger partial charge is 0.0236 e. The predicted molar refractivity (Wildman–Crippen MR) is 80.2 cm³/mol. The Morgan fingerprint density at radius 2 is 1.71 bits per heavy atom. The molecule has 0 bridgehead atoms. The number of halogens is 2. The quantitative estimate of drug-likeness (QED) is 0.867. The summed E-state index contributed by atoms with van der Waals surface area (Å²) in [6, 6.07) is 11.2. The summed E-state index contributed by atoms with van der Waals surface area (Å²) in [5.74, 6) is 0. The van der Waals surface area contributed by atoms with Gasteiger partial charge in [0.1, 0.15) is 0 Å². The van der Waals surface area contributed by atoms with Gasteiger partial charge in [0, 0.05) is 12.6 Å². The molecule has 1 rings (SSSR count). The predicted octanol–water partition coefficient (Wildman–Crippen LogP) is 3.09. The standard InChI is InChI=1S/C13H22N2.2ClH/c1-12(2)15(10-6-9-14)11-13-7-4-3-5-8-13;;/h3-5,7-8,12H,6,9-11,14H2,1-2H3;2*1H. The first kappa shape index (κ1) is 19.1. The summed E-state index contributed by atoms with van der Waals surface area (Å²) in [5.41, 5.74) is 6.92. The van der Waals surface area contributed by atoms with E-state index in [4.69, 9.17) is 5.73 Å². The van der Waals surface area contributed by atoms with Gasteiger partial charge >= 0.3 is 0 Å². The van der Waals surface area contributed by atoms with Crippen molar-refractivity contribution in [1.29, 1.82) is 0 Å². The highest BCUT2D eigenvalue weighted by Gasteiger charge is 2.08. The fraction of sp³-hybridized carbons (Fsp3) is 0.538. The third kappa shape index (κ3) is 7.61. The minimum atomic E-state index is 0. The lowest BCUT2D eigenvalue weighted by Crippen LogP contribution is -2.32. The highest BCUT2D eigenvalue weighted by molar-refractivity contribution is 5.85. The lowest BCUT2D eigenvalue weighted by atomic mass is 10.2. The molecule has 0 saturated heterocycles. The van der Waals surface area contributed by atoms with Gasteiger partial charge in [-0.1, -0.05) is 30.3 Å². The number of nitrogens with two attached hydrogens (primary N) is 1. The molecule has 4 heteroatoms. The van der Waals surface area contributed by atoms with Gasteiger partial charge in [-0.25, -0.2) is 0 Å². The van der Waals surface area contributed by atoms with E-state index in [1.165, 1.54) is 5.56 Å². The molecule has 0 atom stereocenters. The summed E-state index contributed by atoms with van der Waals surface area (Å²) >= 11 is 0. The zero-order chi connectivity index (χ0) is 11.1. The highest BCUT2D eigenvalue weighted by Crippen LogP contribution is 2.08. The first-order chi connectivity index (χ1) is 7.24. The molecule has 0 spiro atoms. The van der Waals surface area contributed by atoms with Gasteiger partial charge in [0.15, 0.2) is 0 Å². The Balaban J connectivity index is 0. The summed E-state index contributed by atoms with van der Waals surface area (Å²) < 4.78 is 0. The maximum absolute atomic E-state index is 5.54. The molecule has 0 unspecified atom stereocenters. The van der Waals surface area contributed by atoms with Crippen molar-refractivity contribution in [2.75, 3.05) is 13.1 Å². The van der Waals surface area contributed by atoms with Crippen LogP contribution in [-0.2, 0) is 6.54 Å². The van der Waals surface area contributed by atoms with E-state index in [0.717, 1.165) is 26.1 Å². The average molecular weight is 279 g/mol. The van der Waals surface area contributed by atoms with E-state index in [-0.39, 0.29) is 24.8 Å². The van der Waals surface area contributed by atoms with Gasteiger partial charge in [0.05, 0.1) is 0 Å². The van der Waals surface area contributed by atoms with Crippen molar-refractivity contribution in [1.82, 2.24) is 4.90 Å². The molecule has 0 heterocycles. The largest absolute Gasteiger partial charge is 0.330 e. The van der Waals surface area contributed by atoms with Crippen LogP contribution in [0.2, 0.25) is 0 Å². The first-order valence-electron chi connectivity index (χ1n) is 5.72. The molecular formula is C13H24Cl2N2. The minimum absolute atomic E-state index is 0. The molecule has 0 saturated carbocycles. The monoisotopic (exact) mass is 278 g/mol. The van der Waals surface area contributed by atoms with Gasteiger partial charge < -0.3 is 5.73 Å². The Kier molecular flexibility index (Phi) is 12.2. The molecule has 2 N–H and O–H groups in total. The van der Waals surface area contributed by atoms with E-state index in [2.05, 4.69) is 49.1 Å². The van der Waals surface area contributed by atoms with Crippen molar-refractivity contribution in [2.24, 2.45) is 5.73 Å². The van der Waals surface area contributed by atoms with Crippen molar-refractivity contribution in [3.8, 4) is 0 Å². The van der Waals surface area contributed by atoms with Gasteiger partial charge in [-0.2, -0.15) is 0 Å². The maximum Gasteiger partial charge on any atom is 0.0236 e. The molecule has 0 aliphatic heterocycles. The van der Waals surface area contributed by atoms with E-state index in [9.17, 15) is 0 Å². The fourth-order valence-electron chi connectivity index (χ4n) is 1.63. The minimum Gasteiger partial charge on any atom is -0.330 e. The van der Waals surface area contributed by atoms with Crippen LogP contribution in [0, 0.1) is 0 Å². The number of hydrogen-bond donors (Lipinski definition) is 1. The van der Waals surface area contributed by atoms with Crippen molar-refractivity contribution in [3.05, 3.63) is 35.9 Å². The Labute approximate surface area is 117 Å². The van der Waals surface area contributed by atoms with Gasteiger partial charge in [-0.05, 0) is 38.9 Å². The SMILES string of the molecule is CC(C)N(CCCN)Cc1ccccc1.Cl.Cl. The molecule has 17 heavy (non-hydrogen) atoms. The molecule has 0 aliphatic rings. The lowest BCUT2D eigenvalue weighted by Gasteiger charge is -2.26. The lowest BCUT2D eigenvalue weighted by molar-refractivity contribution is 0.211. The molecule has 1 aromatic carbocycles. The average Bonchev–Trinajstić information content (AvgIpc) is 2.25. The van der Waals surface area contributed by atoms with Gasteiger partial charge in [0.2, 0.25) is 0 Å². The van der Waals surface area contributed by atoms with Crippen LogP contribution >= 0.6 is 24.8 Å². The molecule has 1 aromatic rings. The summed E-state index contributed by atoms with van der Waals surface area (Å²) in [4.78, 5) is 2.46. The van der Waals surface area contributed by atoms with Crippen molar-refractivity contribution < 1.29 is 0 Å². The van der Waals surface area contributed by atoms with Crippen molar-refractivity contribution >= 4 is 24.8 Å². The van der Waals surface area contributed by atoms with Crippen LogP contribution in [0.15, 0.2) is 30.3 Å². The third-order valence-electron chi connectivity index (χ3n) is 2.61. The Morgan fingerprint density at radius 3 is 2.18 bits per heavy atom. The first-order valence-corrected chi connectivity index (χ1v) is 5.72. The van der Waals surface area contributed by atoms with E-state index in [1.54, 1.807) is 0 Å². The molecule has 0 fully saturated rings. The number of rotatable bonds is 6. The Bertz CT molecular complexity index is 265. The van der Waals surface area contributed by atoms with Gasteiger partial charge in [-0.3, -0.25) is 4.90 Å². The Morgan fingerprint density at radius 1 is 1.12 bits per heavy atom. The van der Waals surface area contributed by atoms with Crippen molar-refractivity contribution in [3.63, 3.8) is 0 Å². The Hall–Kier alpha value is -0.280. The second-order valence-electron chi connectivity index (χ2n) is 4.19. The summed E-state index contributed by atoms with van der Waals surface area (Å²) in [7, 11) is 0. The van der Waals surface area contributed by atoms with Gasteiger partial charge in [-0.15, -0.1) is 24.8 Å². The molecule has 0 radical (unpaired) electrons. The zero-order valence-corrected chi connectivity index (χ0v) is 12.3. The maximum atomic E-state index is 5.54.